The van der Waals surface area contributed by atoms with E-state index in [9.17, 15) is 4.21 Å². The van der Waals surface area contributed by atoms with Crippen molar-refractivity contribution in [2.24, 2.45) is 4.40 Å². The highest BCUT2D eigenvalue weighted by Gasteiger charge is 2.18. The molecule has 0 saturated heterocycles. The molecule has 0 bridgehead atoms. The maximum Gasteiger partial charge on any atom is 0.144 e. The van der Waals surface area contributed by atoms with Crippen LogP contribution in [0.3, 0.4) is 0 Å². The van der Waals surface area contributed by atoms with E-state index >= 15 is 0 Å². The lowest BCUT2D eigenvalue weighted by Crippen LogP contribution is -2.19. The number of nitrogens with zero attached hydrogens (tertiary/aromatic N) is 2. The molecule has 3 rings (SSSR count). The van der Waals surface area contributed by atoms with Crippen LogP contribution in [-0.4, -0.2) is 19.7 Å². The van der Waals surface area contributed by atoms with Crippen molar-refractivity contribution in [3.05, 3.63) is 66.4 Å². The molecule has 1 aromatic heterocycles. The van der Waals surface area contributed by atoms with Gasteiger partial charge in [-0.1, -0.05) is 30.3 Å². The van der Waals surface area contributed by atoms with Crippen molar-refractivity contribution in [2.45, 2.75) is 25.5 Å². The quantitative estimate of drug-likeness (QED) is 0.653. The van der Waals surface area contributed by atoms with E-state index in [4.69, 9.17) is 0 Å². The van der Waals surface area contributed by atoms with Gasteiger partial charge >= 0.3 is 0 Å². The Morgan fingerprint density at radius 3 is 2.48 bits per heavy atom. The van der Waals surface area contributed by atoms with E-state index in [1.165, 1.54) is 5.39 Å². The first-order valence-corrected chi connectivity index (χ1v) is 8.68. The molecule has 2 aromatic carbocycles. The number of aromatic nitrogens is 1. The summed E-state index contributed by atoms with van der Waals surface area (Å²) in [4.78, 5) is 0. The first kappa shape index (κ1) is 15.7. The molecule has 0 unspecified atom stereocenters. The molecule has 0 aliphatic rings. The number of para-hydroxylation sites is 1. The molecular weight excluding hydrogens is 304 g/mol. The summed E-state index contributed by atoms with van der Waals surface area (Å²) < 4.78 is 18.0. The van der Waals surface area contributed by atoms with Gasteiger partial charge in [0.05, 0.1) is 10.3 Å². The van der Waals surface area contributed by atoms with Gasteiger partial charge in [0.1, 0.15) is 11.0 Å². The molecule has 0 aliphatic carbocycles. The third-order valence-electron chi connectivity index (χ3n) is 3.57. The van der Waals surface area contributed by atoms with Gasteiger partial charge in [0.15, 0.2) is 0 Å². The van der Waals surface area contributed by atoms with Crippen molar-refractivity contribution in [1.29, 1.82) is 0 Å². The Hall–Kier alpha value is -2.20. The van der Waals surface area contributed by atoms with Gasteiger partial charge < -0.3 is 4.57 Å². The van der Waals surface area contributed by atoms with Crippen LogP contribution in [0.1, 0.15) is 26.3 Å². The molecule has 1 heterocycles. The Morgan fingerprint density at radius 1 is 1.04 bits per heavy atom. The standard InChI is InChI=1S/C19H20N2OS/c1-19(2,3)23(22)20-14-15-9-10-16-11-12-21(18(16)13-15)17-7-5-4-6-8-17/h4-14H,1-3H3/t23-/m1/s1. The molecule has 23 heavy (non-hydrogen) atoms. The smallest absolute Gasteiger partial charge is 0.144 e. The number of fused-ring (bicyclic) bond motifs is 1. The third kappa shape index (κ3) is 3.42. The van der Waals surface area contributed by atoms with Crippen molar-refractivity contribution in [1.82, 2.24) is 4.57 Å². The first-order chi connectivity index (χ1) is 10.9. The largest absolute Gasteiger partial charge is 0.317 e. The fourth-order valence-electron chi connectivity index (χ4n) is 2.31. The van der Waals surface area contributed by atoms with Crippen molar-refractivity contribution in [3.8, 4) is 5.69 Å². The highest BCUT2D eigenvalue weighted by Crippen LogP contribution is 2.21. The van der Waals surface area contributed by atoms with Crippen LogP contribution in [0.15, 0.2) is 65.2 Å². The van der Waals surface area contributed by atoms with Crippen molar-refractivity contribution in [2.75, 3.05) is 0 Å². The molecule has 3 aromatic rings. The van der Waals surface area contributed by atoms with E-state index in [1.807, 2.05) is 45.0 Å². The van der Waals surface area contributed by atoms with Crippen LogP contribution >= 0.6 is 0 Å². The summed E-state index contributed by atoms with van der Waals surface area (Å²) in [6, 6.07) is 18.5. The molecular formula is C19H20N2OS. The highest BCUT2D eigenvalue weighted by molar-refractivity contribution is 7.85. The number of hydrogen-bond acceptors (Lipinski definition) is 1. The fourth-order valence-corrected chi connectivity index (χ4v) is 2.84. The number of rotatable bonds is 3. The van der Waals surface area contributed by atoms with E-state index in [-0.39, 0.29) is 4.75 Å². The van der Waals surface area contributed by atoms with Crippen LogP contribution in [0, 0.1) is 0 Å². The molecule has 0 spiro atoms. The summed E-state index contributed by atoms with van der Waals surface area (Å²) in [5, 5.41) is 1.17. The highest BCUT2D eigenvalue weighted by atomic mass is 32.2. The predicted octanol–water partition coefficient (Wildman–Crippen LogP) is 4.51. The van der Waals surface area contributed by atoms with Gasteiger partial charge in [-0.15, -0.1) is 0 Å². The first-order valence-electron chi connectivity index (χ1n) is 7.58. The average molecular weight is 324 g/mol. The maximum absolute atomic E-state index is 12.0. The van der Waals surface area contributed by atoms with Gasteiger partial charge in [-0.25, -0.2) is 4.21 Å². The van der Waals surface area contributed by atoms with Crippen LogP contribution in [0.4, 0.5) is 0 Å². The van der Waals surface area contributed by atoms with E-state index in [0.29, 0.717) is 0 Å². The van der Waals surface area contributed by atoms with Crippen molar-refractivity contribution < 1.29 is 4.21 Å². The lowest BCUT2D eigenvalue weighted by atomic mass is 10.2. The maximum atomic E-state index is 12.0. The summed E-state index contributed by atoms with van der Waals surface area (Å²) in [6.07, 6.45) is 3.76. The van der Waals surface area contributed by atoms with Crippen molar-refractivity contribution >= 4 is 28.1 Å². The fraction of sp³-hybridized carbons (Fsp3) is 0.211. The molecule has 0 fully saturated rings. The Kier molecular flexibility index (Phi) is 4.18. The van der Waals surface area contributed by atoms with Gasteiger partial charge in [-0.05, 0) is 56.0 Å². The lowest BCUT2D eigenvalue weighted by molar-refractivity contribution is 0.651. The van der Waals surface area contributed by atoms with Gasteiger partial charge in [0.25, 0.3) is 0 Å². The Morgan fingerprint density at radius 2 is 1.78 bits per heavy atom. The predicted molar refractivity (Wildman–Crippen MR) is 98.8 cm³/mol. The second kappa shape index (κ2) is 6.13. The summed E-state index contributed by atoms with van der Waals surface area (Å²) in [7, 11) is -1.24. The van der Waals surface area contributed by atoms with Gasteiger partial charge in [-0.3, -0.25) is 0 Å². The van der Waals surface area contributed by atoms with E-state index in [0.717, 1.165) is 16.8 Å². The van der Waals surface area contributed by atoms with E-state index in [1.54, 1.807) is 6.21 Å². The SMILES string of the molecule is CC(C)(C)[S@@](=O)N=Cc1ccc2ccn(-c3ccccc3)c2c1. The van der Waals surface area contributed by atoms with E-state index in [2.05, 4.69) is 45.5 Å². The second-order valence-electron chi connectivity index (χ2n) is 6.44. The molecule has 4 heteroatoms. The van der Waals surface area contributed by atoms with Gasteiger partial charge in [-0.2, -0.15) is 4.40 Å². The summed E-state index contributed by atoms with van der Waals surface area (Å²) in [6.45, 7) is 5.76. The Balaban J connectivity index is 1.99. The minimum atomic E-state index is -1.24. The normalized spacial score (nSPS) is 13.7. The zero-order valence-corrected chi connectivity index (χ0v) is 14.4. The minimum Gasteiger partial charge on any atom is -0.317 e. The number of benzene rings is 2. The molecule has 0 amide bonds. The lowest BCUT2D eigenvalue weighted by Gasteiger charge is -2.12. The molecule has 0 N–H and O–H groups in total. The Bertz CT molecular complexity index is 873. The summed E-state index contributed by atoms with van der Waals surface area (Å²) in [5.74, 6) is 0. The zero-order valence-electron chi connectivity index (χ0n) is 13.6. The van der Waals surface area contributed by atoms with Gasteiger partial charge in [0, 0.05) is 18.1 Å². The van der Waals surface area contributed by atoms with Gasteiger partial charge in [0.2, 0.25) is 0 Å². The molecule has 3 nitrogen and oxygen atoms in total. The second-order valence-corrected chi connectivity index (χ2v) is 8.37. The molecule has 1 atom stereocenters. The molecule has 0 radical (unpaired) electrons. The zero-order chi connectivity index (χ0) is 16.4. The minimum absolute atomic E-state index is 0.342. The summed E-state index contributed by atoms with van der Waals surface area (Å²) in [5.41, 5.74) is 3.18. The van der Waals surface area contributed by atoms with Crippen molar-refractivity contribution in [3.63, 3.8) is 0 Å². The third-order valence-corrected chi connectivity index (χ3v) is 4.92. The Labute approximate surface area is 139 Å². The average Bonchev–Trinajstić information content (AvgIpc) is 2.95. The molecule has 118 valence electrons. The topological polar surface area (TPSA) is 34.4 Å². The number of hydrogen-bond donors (Lipinski definition) is 0. The van der Waals surface area contributed by atoms with Crippen LogP contribution in [0.2, 0.25) is 0 Å². The molecule has 0 saturated carbocycles. The molecule has 0 aliphatic heterocycles. The monoisotopic (exact) mass is 324 g/mol. The van der Waals surface area contributed by atoms with E-state index < -0.39 is 11.0 Å². The van der Waals surface area contributed by atoms with Crippen LogP contribution in [0.25, 0.3) is 16.6 Å². The van der Waals surface area contributed by atoms with Crippen LogP contribution in [0.5, 0.6) is 0 Å². The van der Waals surface area contributed by atoms with Crippen LogP contribution < -0.4 is 0 Å². The van der Waals surface area contributed by atoms with Crippen LogP contribution in [-0.2, 0) is 11.0 Å². The summed E-state index contributed by atoms with van der Waals surface area (Å²) >= 11 is 0.